The Morgan fingerprint density at radius 1 is 1.53 bits per heavy atom. The molecular weight excluding hydrogens is 275 g/mol. The van der Waals surface area contributed by atoms with Crippen molar-refractivity contribution in [3.63, 3.8) is 0 Å². The molecule has 0 aliphatic heterocycles. The van der Waals surface area contributed by atoms with Crippen molar-refractivity contribution < 1.29 is 5.11 Å². The molecule has 0 aromatic heterocycles. The first-order valence-corrected chi connectivity index (χ1v) is 6.06. The van der Waals surface area contributed by atoms with Crippen LogP contribution in [0.2, 0.25) is 5.02 Å². The molecule has 0 aliphatic carbocycles. The lowest BCUT2D eigenvalue weighted by atomic mass is 10.0. The molecule has 0 saturated carbocycles. The highest BCUT2D eigenvalue weighted by Gasteiger charge is 2.08. The Morgan fingerprint density at radius 3 is 2.87 bits per heavy atom. The van der Waals surface area contributed by atoms with Gasteiger partial charge in [0.25, 0.3) is 0 Å². The van der Waals surface area contributed by atoms with Gasteiger partial charge in [-0.25, -0.2) is 0 Å². The summed E-state index contributed by atoms with van der Waals surface area (Å²) in [6, 6.07) is 5.53. The van der Waals surface area contributed by atoms with E-state index in [0.29, 0.717) is 5.02 Å². The maximum Gasteiger partial charge on any atom is 0.0790 e. The fourth-order valence-electron chi connectivity index (χ4n) is 1.34. The fourth-order valence-corrected chi connectivity index (χ4v) is 1.78. The molecule has 1 N–H and O–H groups in total. The highest BCUT2D eigenvalue weighted by atomic mass is 79.9. The van der Waals surface area contributed by atoms with E-state index < -0.39 is 6.10 Å². The molecule has 1 aromatic rings. The Morgan fingerprint density at radius 2 is 2.27 bits per heavy atom. The average molecular weight is 290 g/mol. The van der Waals surface area contributed by atoms with Crippen LogP contribution < -0.4 is 0 Å². The minimum atomic E-state index is -0.435. The number of hydrogen-bond donors (Lipinski definition) is 1. The topological polar surface area (TPSA) is 20.2 Å². The molecule has 0 amide bonds. The van der Waals surface area contributed by atoms with Crippen molar-refractivity contribution in [3.8, 4) is 0 Å². The van der Waals surface area contributed by atoms with Crippen LogP contribution in [-0.4, -0.2) is 5.11 Å². The van der Waals surface area contributed by atoms with Gasteiger partial charge in [-0.2, -0.15) is 0 Å². The van der Waals surface area contributed by atoms with Gasteiger partial charge in [-0.05, 0) is 52.9 Å². The van der Waals surface area contributed by atoms with E-state index in [1.807, 2.05) is 18.2 Å². The number of hydrogen-bond acceptors (Lipinski definition) is 1. The molecule has 0 saturated heterocycles. The molecule has 0 heterocycles. The van der Waals surface area contributed by atoms with Gasteiger partial charge in [-0.3, -0.25) is 0 Å². The maximum absolute atomic E-state index is 9.85. The molecular formula is C12H14BrClO. The van der Waals surface area contributed by atoms with E-state index in [0.717, 1.165) is 29.3 Å². The standard InChI is InChI=1S/C12H14BrClO/c1-2-3-4-5-12(15)9-6-7-10(13)11(14)8-9/h2,6-8,12,15H,1,3-5H2. The Bertz CT molecular complexity index is 338. The summed E-state index contributed by atoms with van der Waals surface area (Å²) in [6.45, 7) is 3.65. The lowest BCUT2D eigenvalue weighted by molar-refractivity contribution is 0.165. The third-order valence-corrected chi connectivity index (χ3v) is 3.45. The van der Waals surface area contributed by atoms with Crippen LogP contribution in [0.25, 0.3) is 0 Å². The van der Waals surface area contributed by atoms with Crippen LogP contribution in [0.1, 0.15) is 30.9 Å². The Labute approximate surface area is 104 Å². The van der Waals surface area contributed by atoms with Gasteiger partial charge < -0.3 is 5.11 Å². The summed E-state index contributed by atoms with van der Waals surface area (Å²) in [5.74, 6) is 0. The van der Waals surface area contributed by atoms with Gasteiger partial charge in [-0.15, -0.1) is 6.58 Å². The second-order valence-corrected chi connectivity index (χ2v) is 4.67. The van der Waals surface area contributed by atoms with Crippen LogP contribution in [0.4, 0.5) is 0 Å². The van der Waals surface area contributed by atoms with Crippen molar-refractivity contribution in [1.82, 2.24) is 0 Å². The highest BCUT2D eigenvalue weighted by Crippen LogP contribution is 2.27. The minimum Gasteiger partial charge on any atom is -0.388 e. The van der Waals surface area contributed by atoms with Crippen molar-refractivity contribution in [1.29, 1.82) is 0 Å². The number of unbranched alkanes of at least 4 members (excludes halogenated alkanes) is 1. The van der Waals surface area contributed by atoms with Crippen LogP contribution in [0.15, 0.2) is 35.3 Å². The van der Waals surface area contributed by atoms with Crippen LogP contribution in [0.3, 0.4) is 0 Å². The second-order valence-electron chi connectivity index (χ2n) is 3.41. The summed E-state index contributed by atoms with van der Waals surface area (Å²) in [4.78, 5) is 0. The number of benzene rings is 1. The van der Waals surface area contributed by atoms with Crippen LogP contribution >= 0.6 is 27.5 Å². The SMILES string of the molecule is C=CCCCC(O)c1ccc(Br)c(Cl)c1. The van der Waals surface area contributed by atoms with Crippen LogP contribution in [-0.2, 0) is 0 Å². The maximum atomic E-state index is 9.85. The third-order valence-electron chi connectivity index (χ3n) is 2.21. The lowest BCUT2D eigenvalue weighted by Crippen LogP contribution is -1.97. The normalized spacial score (nSPS) is 12.5. The van der Waals surface area contributed by atoms with Crippen molar-refractivity contribution in [2.45, 2.75) is 25.4 Å². The van der Waals surface area contributed by atoms with Crippen molar-refractivity contribution in [3.05, 3.63) is 45.9 Å². The lowest BCUT2D eigenvalue weighted by Gasteiger charge is -2.11. The number of halogens is 2. The van der Waals surface area contributed by atoms with E-state index in [1.165, 1.54) is 0 Å². The summed E-state index contributed by atoms with van der Waals surface area (Å²) in [5.41, 5.74) is 0.868. The van der Waals surface area contributed by atoms with Crippen molar-refractivity contribution in [2.75, 3.05) is 0 Å². The number of aliphatic hydroxyl groups is 1. The summed E-state index contributed by atoms with van der Waals surface area (Å²) < 4.78 is 0.853. The van der Waals surface area contributed by atoms with E-state index >= 15 is 0 Å². The molecule has 1 atom stereocenters. The molecule has 0 fully saturated rings. The van der Waals surface area contributed by atoms with Gasteiger partial charge in [0.2, 0.25) is 0 Å². The predicted molar refractivity (Wildman–Crippen MR) is 68.2 cm³/mol. The van der Waals surface area contributed by atoms with Crippen molar-refractivity contribution in [2.24, 2.45) is 0 Å². The monoisotopic (exact) mass is 288 g/mol. The first kappa shape index (κ1) is 12.8. The van der Waals surface area contributed by atoms with Gasteiger partial charge in [0.15, 0.2) is 0 Å². The molecule has 1 unspecified atom stereocenters. The Hall–Kier alpha value is -0.310. The first-order chi connectivity index (χ1) is 7.15. The van der Waals surface area contributed by atoms with E-state index in [-0.39, 0.29) is 0 Å². The molecule has 1 aromatic carbocycles. The minimum absolute atomic E-state index is 0.435. The largest absolute Gasteiger partial charge is 0.388 e. The molecule has 0 radical (unpaired) electrons. The predicted octanol–water partition coefficient (Wildman–Crippen LogP) is 4.49. The van der Waals surface area contributed by atoms with Gasteiger partial charge in [-0.1, -0.05) is 23.7 Å². The Kier molecular flexibility index (Phi) is 5.37. The van der Waals surface area contributed by atoms with Crippen LogP contribution in [0, 0.1) is 0 Å². The molecule has 3 heteroatoms. The Balaban J connectivity index is 2.61. The zero-order valence-corrected chi connectivity index (χ0v) is 10.8. The molecule has 0 aliphatic rings. The molecule has 1 rings (SSSR count). The fraction of sp³-hybridized carbons (Fsp3) is 0.333. The summed E-state index contributed by atoms with van der Waals surface area (Å²) in [5, 5.41) is 10.5. The van der Waals surface area contributed by atoms with Crippen LogP contribution in [0.5, 0.6) is 0 Å². The average Bonchev–Trinajstić information content (AvgIpc) is 2.22. The molecule has 0 spiro atoms. The molecule has 15 heavy (non-hydrogen) atoms. The zero-order chi connectivity index (χ0) is 11.3. The quantitative estimate of drug-likeness (QED) is 0.625. The smallest absolute Gasteiger partial charge is 0.0790 e. The third kappa shape index (κ3) is 3.98. The second kappa shape index (κ2) is 6.31. The molecule has 82 valence electrons. The van der Waals surface area contributed by atoms with E-state index in [9.17, 15) is 5.11 Å². The summed E-state index contributed by atoms with van der Waals surface area (Å²) in [7, 11) is 0. The van der Waals surface area contributed by atoms with Gasteiger partial charge in [0, 0.05) is 4.47 Å². The summed E-state index contributed by atoms with van der Waals surface area (Å²) in [6.07, 6.45) is 4.04. The van der Waals surface area contributed by atoms with E-state index in [2.05, 4.69) is 22.5 Å². The summed E-state index contributed by atoms with van der Waals surface area (Å²) >= 11 is 9.26. The van der Waals surface area contributed by atoms with Crippen molar-refractivity contribution >= 4 is 27.5 Å². The number of aliphatic hydroxyl groups excluding tert-OH is 1. The van der Waals surface area contributed by atoms with E-state index in [4.69, 9.17) is 11.6 Å². The van der Waals surface area contributed by atoms with Gasteiger partial charge >= 0.3 is 0 Å². The molecule has 1 nitrogen and oxygen atoms in total. The number of rotatable bonds is 5. The van der Waals surface area contributed by atoms with Gasteiger partial charge in [0.05, 0.1) is 11.1 Å². The zero-order valence-electron chi connectivity index (χ0n) is 8.42. The molecule has 0 bridgehead atoms. The first-order valence-electron chi connectivity index (χ1n) is 4.89. The van der Waals surface area contributed by atoms with Gasteiger partial charge in [0.1, 0.15) is 0 Å². The van der Waals surface area contributed by atoms with E-state index in [1.54, 1.807) is 6.07 Å². The number of allylic oxidation sites excluding steroid dienone is 1. The highest BCUT2D eigenvalue weighted by molar-refractivity contribution is 9.10.